The predicted octanol–water partition coefficient (Wildman–Crippen LogP) is 2.69. The lowest BCUT2D eigenvalue weighted by Crippen LogP contribution is -2.37. The maximum Gasteiger partial charge on any atom is 0.326 e. The Kier molecular flexibility index (Phi) is 7.01. The third-order valence-corrected chi connectivity index (χ3v) is 5.64. The highest BCUT2D eigenvalue weighted by molar-refractivity contribution is 6.07. The van der Waals surface area contributed by atoms with Gasteiger partial charge in [0.15, 0.2) is 6.61 Å². The molecule has 1 saturated carbocycles. The minimum atomic E-state index is -0.754. The monoisotopic (exact) mass is 400 g/mol. The van der Waals surface area contributed by atoms with Crippen LogP contribution in [-0.4, -0.2) is 41.7 Å². The molecule has 1 heterocycles. The first-order chi connectivity index (χ1) is 14.0. The SMILES string of the molecule is CCCCc1ccc(NC(=O)COC(=O)CN2C(=O)[C@@H]3CCCC[C@H]3C2=O)cc1. The van der Waals surface area contributed by atoms with Gasteiger partial charge in [-0.2, -0.15) is 0 Å². The number of ether oxygens (including phenoxy) is 1. The van der Waals surface area contributed by atoms with Gasteiger partial charge >= 0.3 is 5.97 Å². The Morgan fingerprint density at radius 3 is 2.28 bits per heavy atom. The Balaban J connectivity index is 1.43. The first-order valence-corrected chi connectivity index (χ1v) is 10.4. The molecule has 1 saturated heterocycles. The van der Waals surface area contributed by atoms with Gasteiger partial charge in [-0.1, -0.05) is 38.3 Å². The van der Waals surface area contributed by atoms with Crippen molar-refractivity contribution in [3.63, 3.8) is 0 Å². The number of amides is 3. The normalized spacial score (nSPS) is 21.1. The zero-order chi connectivity index (χ0) is 20.8. The lowest BCUT2D eigenvalue weighted by Gasteiger charge is -2.19. The molecular formula is C22H28N2O5. The van der Waals surface area contributed by atoms with Crippen molar-refractivity contribution in [3.8, 4) is 0 Å². The van der Waals surface area contributed by atoms with Crippen LogP contribution in [0.15, 0.2) is 24.3 Å². The molecule has 3 rings (SSSR count). The Morgan fingerprint density at radius 1 is 1.07 bits per heavy atom. The van der Waals surface area contributed by atoms with Crippen molar-refractivity contribution < 1.29 is 23.9 Å². The molecular weight excluding hydrogens is 372 g/mol. The number of anilines is 1. The molecule has 0 bridgehead atoms. The Labute approximate surface area is 170 Å². The van der Waals surface area contributed by atoms with Gasteiger partial charge in [-0.15, -0.1) is 0 Å². The van der Waals surface area contributed by atoms with Crippen molar-refractivity contribution in [3.05, 3.63) is 29.8 Å². The first kappa shape index (κ1) is 21.0. The lowest BCUT2D eigenvalue weighted by molar-refractivity contribution is -0.154. The number of carbonyl (C=O) groups is 4. The molecule has 1 aromatic carbocycles. The van der Waals surface area contributed by atoms with Crippen molar-refractivity contribution >= 4 is 29.4 Å². The van der Waals surface area contributed by atoms with Crippen LogP contribution in [-0.2, 0) is 30.3 Å². The van der Waals surface area contributed by atoms with Crippen LogP contribution in [0.4, 0.5) is 5.69 Å². The number of carbonyl (C=O) groups excluding carboxylic acids is 4. The van der Waals surface area contributed by atoms with Crippen molar-refractivity contribution in [1.29, 1.82) is 0 Å². The van der Waals surface area contributed by atoms with E-state index >= 15 is 0 Å². The Bertz CT molecular complexity index is 750. The maximum atomic E-state index is 12.4. The van der Waals surface area contributed by atoms with E-state index in [1.165, 1.54) is 5.56 Å². The molecule has 7 heteroatoms. The topological polar surface area (TPSA) is 92.8 Å². The minimum Gasteiger partial charge on any atom is -0.454 e. The molecule has 1 N–H and O–H groups in total. The van der Waals surface area contributed by atoms with Crippen LogP contribution < -0.4 is 5.32 Å². The summed E-state index contributed by atoms with van der Waals surface area (Å²) in [6.07, 6.45) is 6.49. The second-order valence-electron chi connectivity index (χ2n) is 7.77. The zero-order valence-corrected chi connectivity index (χ0v) is 16.8. The van der Waals surface area contributed by atoms with E-state index in [0.29, 0.717) is 18.5 Å². The summed E-state index contributed by atoms with van der Waals surface area (Å²) in [6, 6.07) is 7.55. The van der Waals surface area contributed by atoms with Crippen LogP contribution >= 0.6 is 0 Å². The smallest absolute Gasteiger partial charge is 0.326 e. The lowest BCUT2D eigenvalue weighted by atomic mass is 9.81. The summed E-state index contributed by atoms with van der Waals surface area (Å²) in [7, 11) is 0. The standard InChI is InChI=1S/C22H28N2O5/c1-2-3-6-15-9-11-16(12-10-15)23-19(25)14-29-20(26)13-24-21(27)17-7-4-5-8-18(17)22(24)28/h9-12,17-18H,2-8,13-14H2,1H3,(H,23,25)/t17-,18-/m1/s1. The van der Waals surface area contributed by atoms with Gasteiger partial charge in [-0.3, -0.25) is 24.1 Å². The van der Waals surface area contributed by atoms with Gasteiger partial charge < -0.3 is 10.1 Å². The van der Waals surface area contributed by atoms with E-state index in [1.54, 1.807) is 0 Å². The highest BCUT2D eigenvalue weighted by atomic mass is 16.5. The van der Waals surface area contributed by atoms with Crippen LogP contribution in [0.3, 0.4) is 0 Å². The van der Waals surface area contributed by atoms with E-state index in [-0.39, 0.29) is 23.7 Å². The molecule has 0 radical (unpaired) electrons. The molecule has 2 fully saturated rings. The van der Waals surface area contributed by atoms with Crippen molar-refractivity contribution in [2.45, 2.75) is 51.9 Å². The third-order valence-electron chi connectivity index (χ3n) is 5.64. The molecule has 0 spiro atoms. The average Bonchev–Trinajstić information content (AvgIpc) is 2.97. The van der Waals surface area contributed by atoms with E-state index in [4.69, 9.17) is 4.74 Å². The van der Waals surface area contributed by atoms with Gasteiger partial charge in [0.25, 0.3) is 5.91 Å². The van der Waals surface area contributed by atoms with Crippen molar-refractivity contribution in [1.82, 2.24) is 4.90 Å². The zero-order valence-electron chi connectivity index (χ0n) is 16.8. The van der Waals surface area contributed by atoms with E-state index in [9.17, 15) is 19.2 Å². The summed E-state index contributed by atoms with van der Waals surface area (Å²) in [5.74, 6) is -2.39. The number of fused-ring (bicyclic) bond motifs is 1. The molecule has 156 valence electrons. The number of rotatable bonds is 8. The summed E-state index contributed by atoms with van der Waals surface area (Å²) in [6.45, 7) is 1.25. The fourth-order valence-corrected chi connectivity index (χ4v) is 4.04. The van der Waals surface area contributed by atoms with E-state index < -0.39 is 25.0 Å². The van der Waals surface area contributed by atoms with Crippen LogP contribution in [0.2, 0.25) is 0 Å². The summed E-state index contributed by atoms with van der Waals surface area (Å²) in [5.41, 5.74) is 1.83. The third kappa shape index (κ3) is 5.22. The second-order valence-corrected chi connectivity index (χ2v) is 7.77. The number of hydrogen-bond acceptors (Lipinski definition) is 5. The highest BCUT2D eigenvalue weighted by Crippen LogP contribution is 2.37. The van der Waals surface area contributed by atoms with Gasteiger partial charge in [-0.05, 0) is 43.4 Å². The van der Waals surface area contributed by atoms with Gasteiger partial charge in [0, 0.05) is 5.69 Å². The quantitative estimate of drug-likeness (QED) is 0.535. The van der Waals surface area contributed by atoms with E-state index in [1.807, 2.05) is 24.3 Å². The van der Waals surface area contributed by atoms with Gasteiger partial charge in [0.1, 0.15) is 6.54 Å². The summed E-state index contributed by atoms with van der Waals surface area (Å²) < 4.78 is 4.97. The number of aryl methyl sites for hydroxylation is 1. The Hall–Kier alpha value is -2.70. The molecule has 1 aliphatic carbocycles. The van der Waals surface area contributed by atoms with Crippen LogP contribution in [0.25, 0.3) is 0 Å². The highest BCUT2D eigenvalue weighted by Gasteiger charge is 2.48. The first-order valence-electron chi connectivity index (χ1n) is 10.4. The molecule has 1 aliphatic heterocycles. The second kappa shape index (κ2) is 9.67. The summed E-state index contributed by atoms with van der Waals surface area (Å²) >= 11 is 0. The van der Waals surface area contributed by atoms with Crippen LogP contribution in [0, 0.1) is 11.8 Å². The number of likely N-dealkylation sites (tertiary alicyclic amines) is 1. The van der Waals surface area contributed by atoms with Crippen LogP contribution in [0.5, 0.6) is 0 Å². The molecule has 0 aromatic heterocycles. The molecule has 7 nitrogen and oxygen atoms in total. The number of imide groups is 1. The molecule has 2 atom stereocenters. The molecule has 2 aliphatic rings. The fraction of sp³-hybridized carbons (Fsp3) is 0.545. The number of esters is 1. The summed E-state index contributed by atoms with van der Waals surface area (Å²) in [5, 5.41) is 2.67. The molecule has 29 heavy (non-hydrogen) atoms. The number of nitrogens with zero attached hydrogens (tertiary/aromatic N) is 1. The van der Waals surface area contributed by atoms with Crippen molar-refractivity contribution in [2.75, 3.05) is 18.5 Å². The molecule has 3 amide bonds. The fourth-order valence-electron chi connectivity index (χ4n) is 4.04. The van der Waals surface area contributed by atoms with Gasteiger partial charge in [-0.25, -0.2) is 0 Å². The maximum absolute atomic E-state index is 12.4. The number of nitrogens with one attached hydrogen (secondary N) is 1. The minimum absolute atomic E-state index is 0.288. The summed E-state index contributed by atoms with van der Waals surface area (Å²) in [4.78, 5) is 49.8. The van der Waals surface area contributed by atoms with Gasteiger partial charge in [0.2, 0.25) is 11.8 Å². The van der Waals surface area contributed by atoms with E-state index in [2.05, 4.69) is 12.2 Å². The molecule has 1 aromatic rings. The largest absolute Gasteiger partial charge is 0.454 e. The van der Waals surface area contributed by atoms with Gasteiger partial charge in [0.05, 0.1) is 11.8 Å². The number of hydrogen-bond donors (Lipinski definition) is 1. The van der Waals surface area contributed by atoms with E-state index in [0.717, 1.165) is 37.0 Å². The number of benzene rings is 1. The molecule has 0 unspecified atom stereocenters. The average molecular weight is 400 g/mol. The Morgan fingerprint density at radius 2 is 1.69 bits per heavy atom. The van der Waals surface area contributed by atoms with Crippen LogP contribution in [0.1, 0.15) is 51.0 Å². The van der Waals surface area contributed by atoms with Crippen molar-refractivity contribution in [2.24, 2.45) is 11.8 Å². The predicted molar refractivity (Wildman–Crippen MR) is 107 cm³/mol. The number of unbranched alkanes of at least 4 members (excludes halogenated alkanes) is 1.